The molecule has 0 aliphatic carbocycles. The number of hydrogen-bond acceptors (Lipinski definition) is 3. The number of carbonyl (C=O) groups is 1. The van der Waals surface area contributed by atoms with E-state index in [2.05, 4.69) is 24.3 Å². The predicted molar refractivity (Wildman–Crippen MR) is 81.3 cm³/mol. The molecule has 3 atom stereocenters. The van der Waals surface area contributed by atoms with Crippen molar-refractivity contribution in [2.75, 3.05) is 0 Å². The number of hydrogen-bond donors (Lipinski definition) is 0. The summed E-state index contributed by atoms with van der Waals surface area (Å²) in [5.41, 5.74) is 2.30. The molecule has 1 fully saturated rings. The summed E-state index contributed by atoms with van der Waals surface area (Å²) in [6.07, 6.45) is 0.921. The summed E-state index contributed by atoms with van der Waals surface area (Å²) in [5, 5.41) is 1.94. The van der Waals surface area contributed by atoms with Gasteiger partial charge in [-0.25, -0.2) is 0 Å². The topological polar surface area (TPSA) is 29.5 Å². The van der Waals surface area contributed by atoms with E-state index in [1.165, 1.54) is 5.56 Å². The normalized spacial score (nSPS) is 25.9. The van der Waals surface area contributed by atoms with Crippen molar-refractivity contribution < 1.29 is 9.63 Å². The molecule has 0 N–H and O–H groups in total. The average Bonchev–Trinajstić information content (AvgIpc) is 2.84. The lowest BCUT2D eigenvalue weighted by molar-refractivity contribution is -0.166. The van der Waals surface area contributed by atoms with E-state index < -0.39 is 0 Å². The Morgan fingerprint density at radius 3 is 2.29 bits per heavy atom. The molecule has 2 aromatic rings. The molecule has 1 aliphatic heterocycles. The predicted octanol–water partition coefficient (Wildman–Crippen LogP) is 3.38. The largest absolute Gasteiger partial charge is 0.303 e. The summed E-state index contributed by atoms with van der Waals surface area (Å²) in [5.74, 6) is -0.142. The van der Waals surface area contributed by atoms with Crippen molar-refractivity contribution in [2.24, 2.45) is 5.92 Å². The lowest BCUT2D eigenvalue weighted by atomic mass is 9.91. The molecule has 1 aliphatic rings. The van der Waals surface area contributed by atoms with E-state index in [4.69, 9.17) is 4.84 Å². The Morgan fingerprint density at radius 1 is 1.05 bits per heavy atom. The molecular weight excluding hydrogens is 262 g/mol. The highest BCUT2D eigenvalue weighted by atomic mass is 16.7. The first-order valence-electron chi connectivity index (χ1n) is 7.27. The average molecular weight is 281 g/mol. The van der Waals surface area contributed by atoms with E-state index in [1.807, 2.05) is 48.4 Å². The molecule has 0 amide bonds. The third kappa shape index (κ3) is 2.89. The second-order valence-corrected chi connectivity index (χ2v) is 5.44. The third-order valence-electron chi connectivity index (χ3n) is 4.00. The quantitative estimate of drug-likeness (QED) is 0.805. The first-order valence-corrected chi connectivity index (χ1v) is 7.27. The summed E-state index contributed by atoms with van der Waals surface area (Å²) in [6, 6.07) is 20.3. The molecule has 0 spiro atoms. The first kappa shape index (κ1) is 14.0. The molecule has 1 heterocycles. The number of nitrogens with zero attached hydrogens (tertiary/aromatic N) is 1. The zero-order valence-electron chi connectivity index (χ0n) is 12.1. The van der Waals surface area contributed by atoms with E-state index in [9.17, 15) is 4.79 Å². The van der Waals surface area contributed by atoms with Crippen molar-refractivity contribution in [1.82, 2.24) is 5.06 Å². The van der Waals surface area contributed by atoms with Gasteiger partial charge in [-0.3, -0.25) is 4.84 Å². The van der Waals surface area contributed by atoms with Crippen molar-refractivity contribution in [2.45, 2.75) is 25.6 Å². The SMILES string of the molecule is C[C@@H]1ON(Cc2ccccc2)[C@@H](c2ccccc2)[C@H]1C=O. The highest BCUT2D eigenvalue weighted by Gasteiger charge is 2.41. The summed E-state index contributed by atoms with van der Waals surface area (Å²) in [7, 11) is 0. The maximum absolute atomic E-state index is 11.5. The molecule has 3 nitrogen and oxygen atoms in total. The molecular formula is C18H19NO2. The van der Waals surface area contributed by atoms with Crippen LogP contribution in [0, 0.1) is 5.92 Å². The molecule has 3 heteroatoms. The van der Waals surface area contributed by atoms with Crippen LogP contribution in [0.2, 0.25) is 0 Å². The van der Waals surface area contributed by atoms with Gasteiger partial charge in [-0.05, 0) is 18.1 Å². The van der Waals surface area contributed by atoms with Crippen LogP contribution in [0.3, 0.4) is 0 Å². The molecule has 1 saturated heterocycles. The molecule has 108 valence electrons. The van der Waals surface area contributed by atoms with Crippen LogP contribution < -0.4 is 0 Å². The Balaban J connectivity index is 1.89. The second kappa shape index (κ2) is 6.20. The second-order valence-electron chi connectivity index (χ2n) is 5.44. The minimum atomic E-state index is -0.142. The van der Waals surface area contributed by atoms with Crippen LogP contribution in [-0.2, 0) is 16.2 Å². The summed E-state index contributed by atoms with van der Waals surface area (Å²) < 4.78 is 0. The van der Waals surface area contributed by atoms with Crippen molar-refractivity contribution in [3.05, 3.63) is 71.8 Å². The fourth-order valence-electron chi connectivity index (χ4n) is 2.92. The fraction of sp³-hybridized carbons (Fsp3) is 0.278. The van der Waals surface area contributed by atoms with Gasteiger partial charge >= 0.3 is 0 Å². The van der Waals surface area contributed by atoms with Crippen molar-refractivity contribution in [1.29, 1.82) is 0 Å². The summed E-state index contributed by atoms with van der Waals surface area (Å²) in [6.45, 7) is 2.63. The van der Waals surface area contributed by atoms with Crippen molar-refractivity contribution >= 4 is 6.29 Å². The Morgan fingerprint density at radius 2 is 1.67 bits per heavy atom. The van der Waals surface area contributed by atoms with E-state index in [0.717, 1.165) is 11.8 Å². The third-order valence-corrected chi connectivity index (χ3v) is 4.00. The van der Waals surface area contributed by atoms with Gasteiger partial charge < -0.3 is 4.79 Å². The van der Waals surface area contributed by atoms with E-state index in [0.29, 0.717) is 6.54 Å². The molecule has 0 aromatic heterocycles. The number of aldehydes is 1. The molecule has 0 unspecified atom stereocenters. The lowest BCUT2D eigenvalue weighted by Gasteiger charge is -2.24. The van der Waals surface area contributed by atoms with Crippen molar-refractivity contribution in [3.63, 3.8) is 0 Å². The molecule has 0 saturated carbocycles. The first-order chi connectivity index (χ1) is 10.3. The van der Waals surface area contributed by atoms with Gasteiger partial charge in [-0.2, -0.15) is 5.06 Å². The number of rotatable bonds is 4. The van der Waals surface area contributed by atoms with Crippen LogP contribution in [0.15, 0.2) is 60.7 Å². The van der Waals surface area contributed by atoms with Crippen LogP contribution in [0.1, 0.15) is 24.1 Å². The molecule has 3 rings (SSSR count). The minimum absolute atomic E-state index is 0.0288. The Hall–Kier alpha value is -1.97. The van der Waals surface area contributed by atoms with Gasteiger partial charge in [0.2, 0.25) is 0 Å². The number of carbonyl (C=O) groups excluding carboxylic acids is 1. The Labute approximate surface area is 125 Å². The minimum Gasteiger partial charge on any atom is -0.303 e. The zero-order chi connectivity index (χ0) is 14.7. The van der Waals surface area contributed by atoms with Gasteiger partial charge in [-0.1, -0.05) is 60.7 Å². The van der Waals surface area contributed by atoms with Crippen molar-refractivity contribution in [3.8, 4) is 0 Å². The summed E-state index contributed by atoms with van der Waals surface area (Å²) in [4.78, 5) is 17.4. The van der Waals surface area contributed by atoms with Crippen LogP contribution in [0.4, 0.5) is 0 Å². The highest BCUT2D eigenvalue weighted by molar-refractivity contribution is 5.57. The van der Waals surface area contributed by atoms with Crippen LogP contribution in [0.25, 0.3) is 0 Å². The lowest BCUT2D eigenvalue weighted by Crippen LogP contribution is -2.24. The molecule has 21 heavy (non-hydrogen) atoms. The highest BCUT2D eigenvalue weighted by Crippen LogP contribution is 2.38. The maximum atomic E-state index is 11.5. The van der Waals surface area contributed by atoms with Gasteiger partial charge in [-0.15, -0.1) is 0 Å². The molecule has 0 radical (unpaired) electrons. The van der Waals surface area contributed by atoms with Gasteiger partial charge in [0.25, 0.3) is 0 Å². The van der Waals surface area contributed by atoms with E-state index in [1.54, 1.807) is 0 Å². The monoisotopic (exact) mass is 281 g/mol. The van der Waals surface area contributed by atoms with Crippen LogP contribution >= 0.6 is 0 Å². The molecule has 0 bridgehead atoms. The van der Waals surface area contributed by atoms with Crippen LogP contribution in [-0.4, -0.2) is 17.5 Å². The maximum Gasteiger partial charge on any atom is 0.127 e. The van der Waals surface area contributed by atoms with Gasteiger partial charge in [0, 0.05) is 6.54 Å². The van der Waals surface area contributed by atoms with Gasteiger partial charge in [0.05, 0.1) is 18.1 Å². The van der Waals surface area contributed by atoms with Gasteiger partial charge in [0.15, 0.2) is 0 Å². The van der Waals surface area contributed by atoms with E-state index >= 15 is 0 Å². The molecule has 2 aromatic carbocycles. The van der Waals surface area contributed by atoms with E-state index in [-0.39, 0.29) is 18.1 Å². The Bertz CT molecular complexity index is 585. The Kier molecular flexibility index (Phi) is 4.13. The van der Waals surface area contributed by atoms with Crippen LogP contribution in [0.5, 0.6) is 0 Å². The fourth-order valence-corrected chi connectivity index (χ4v) is 2.92. The zero-order valence-corrected chi connectivity index (χ0v) is 12.1. The standard InChI is InChI=1S/C18H19NO2/c1-14-17(13-20)18(16-10-6-3-7-11-16)19(21-14)12-15-8-4-2-5-9-15/h2-11,13-14,17-18H,12H2,1H3/t14-,17-,18-/m0/s1. The number of benzene rings is 2. The van der Waals surface area contributed by atoms with Gasteiger partial charge in [0.1, 0.15) is 6.29 Å². The number of hydroxylamine groups is 2. The summed E-state index contributed by atoms with van der Waals surface area (Å²) >= 11 is 0. The smallest absolute Gasteiger partial charge is 0.127 e.